The number of nitrogens with one attached hydrogen (secondary N) is 2. The molecule has 0 aliphatic carbocycles. The van der Waals surface area contributed by atoms with Crippen molar-refractivity contribution >= 4 is 27.5 Å². The monoisotopic (exact) mass is 410 g/mol. The van der Waals surface area contributed by atoms with Crippen molar-refractivity contribution < 1.29 is 27.5 Å². The number of sulfonamides is 1. The number of carbonyl (C=O) groups excluding carboxylic acids is 3. The number of hydrogen-bond acceptors (Lipinski definition) is 6. The number of rotatable bonds is 7. The maximum Gasteiger partial charge on any atom is 0.289 e. The molecule has 1 amide bonds. The van der Waals surface area contributed by atoms with Gasteiger partial charge in [-0.05, 0) is 30.9 Å². The highest BCUT2D eigenvalue weighted by Crippen LogP contribution is 2.19. The van der Waals surface area contributed by atoms with Gasteiger partial charge in [-0.3, -0.25) is 14.4 Å². The molecule has 2 N–H and O–H groups in total. The van der Waals surface area contributed by atoms with E-state index in [0.717, 1.165) is 0 Å². The van der Waals surface area contributed by atoms with Crippen molar-refractivity contribution in [3.63, 3.8) is 0 Å². The molecule has 154 valence electrons. The maximum absolute atomic E-state index is 12.9. The van der Waals surface area contributed by atoms with Gasteiger partial charge in [0.05, 0.1) is 10.9 Å². The number of Topliss-reactive ketones (excluding diaryl/α,β-unsaturated/α-hetero) is 2. The summed E-state index contributed by atoms with van der Waals surface area (Å²) < 4.78 is 32.8. The van der Waals surface area contributed by atoms with Crippen LogP contribution in [0.25, 0.3) is 0 Å². The van der Waals surface area contributed by atoms with E-state index in [1.165, 1.54) is 12.1 Å². The zero-order chi connectivity index (χ0) is 20.7. The average molecular weight is 410 g/mol. The van der Waals surface area contributed by atoms with E-state index in [1.807, 2.05) is 0 Å². The van der Waals surface area contributed by atoms with Crippen molar-refractivity contribution in [2.45, 2.75) is 44.0 Å². The first-order valence-corrected chi connectivity index (χ1v) is 10.7. The summed E-state index contributed by atoms with van der Waals surface area (Å²) in [6, 6.07) is 6.77. The zero-order valence-corrected chi connectivity index (χ0v) is 16.8. The van der Waals surface area contributed by atoms with E-state index >= 15 is 0 Å². The Hall–Kier alpha value is -2.10. The molecule has 1 aromatic rings. The summed E-state index contributed by atoms with van der Waals surface area (Å²) in [6.07, 6.45) is 0.654. The molecule has 2 unspecified atom stereocenters. The Morgan fingerprint density at radius 3 is 2.57 bits per heavy atom. The maximum atomic E-state index is 12.9. The Labute approximate surface area is 165 Å². The van der Waals surface area contributed by atoms with Crippen LogP contribution in [-0.4, -0.2) is 45.3 Å². The lowest BCUT2D eigenvalue weighted by Crippen LogP contribution is -2.46. The van der Waals surface area contributed by atoms with E-state index in [4.69, 9.17) is 4.74 Å². The van der Waals surface area contributed by atoms with Crippen molar-refractivity contribution in [2.75, 3.05) is 13.3 Å². The van der Waals surface area contributed by atoms with Crippen molar-refractivity contribution in [1.82, 2.24) is 10.0 Å². The van der Waals surface area contributed by atoms with Gasteiger partial charge in [-0.1, -0.05) is 32.0 Å². The Kier molecular flexibility index (Phi) is 7.85. The van der Waals surface area contributed by atoms with E-state index < -0.39 is 39.5 Å². The summed E-state index contributed by atoms with van der Waals surface area (Å²) in [4.78, 5) is 37.1. The van der Waals surface area contributed by atoms with Gasteiger partial charge in [0.25, 0.3) is 5.91 Å². The van der Waals surface area contributed by atoms with Crippen molar-refractivity contribution in [3.05, 3.63) is 30.3 Å². The number of ketones is 2. The second kappa shape index (κ2) is 9.90. The lowest BCUT2D eigenvalue weighted by Gasteiger charge is -2.23. The molecule has 1 heterocycles. The molecule has 8 nitrogen and oxygen atoms in total. The van der Waals surface area contributed by atoms with Gasteiger partial charge >= 0.3 is 0 Å². The smallest absolute Gasteiger partial charge is 0.289 e. The molecule has 28 heavy (non-hydrogen) atoms. The first-order valence-electron chi connectivity index (χ1n) is 9.22. The normalized spacial score (nSPS) is 20.0. The van der Waals surface area contributed by atoms with Gasteiger partial charge in [0.2, 0.25) is 15.8 Å². The third kappa shape index (κ3) is 5.95. The van der Waals surface area contributed by atoms with Crippen LogP contribution in [0, 0.1) is 11.8 Å². The summed E-state index contributed by atoms with van der Waals surface area (Å²) in [5.41, 5.74) is 0. The van der Waals surface area contributed by atoms with Gasteiger partial charge in [0.15, 0.2) is 5.78 Å². The Balaban J connectivity index is 2.15. The molecular weight excluding hydrogens is 384 g/mol. The first kappa shape index (κ1) is 22.2. The quantitative estimate of drug-likeness (QED) is 0.648. The predicted molar refractivity (Wildman–Crippen MR) is 102 cm³/mol. The lowest BCUT2D eigenvalue weighted by molar-refractivity contribution is -0.141. The molecule has 1 aromatic carbocycles. The molecule has 0 saturated carbocycles. The molecule has 2 atom stereocenters. The van der Waals surface area contributed by atoms with Gasteiger partial charge in [-0.15, -0.1) is 0 Å². The van der Waals surface area contributed by atoms with E-state index in [-0.39, 0.29) is 24.0 Å². The van der Waals surface area contributed by atoms with Gasteiger partial charge in [0, 0.05) is 18.9 Å². The second-order valence-corrected chi connectivity index (χ2v) is 8.80. The number of carbonyl (C=O) groups is 3. The Bertz CT molecular complexity index is 807. The van der Waals surface area contributed by atoms with Crippen LogP contribution < -0.4 is 10.0 Å². The fourth-order valence-corrected chi connectivity index (χ4v) is 4.39. The van der Waals surface area contributed by atoms with Crippen LogP contribution in [0.1, 0.15) is 33.1 Å². The minimum atomic E-state index is -3.89. The fraction of sp³-hybridized carbons (Fsp3) is 0.526. The van der Waals surface area contributed by atoms with E-state index in [0.29, 0.717) is 19.4 Å². The third-order valence-electron chi connectivity index (χ3n) is 4.57. The first-order chi connectivity index (χ1) is 13.2. The lowest BCUT2D eigenvalue weighted by atomic mass is 9.88. The van der Waals surface area contributed by atoms with Crippen molar-refractivity contribution in [2.24, 2.45) is 11.8 Å². The van der Waals surface area contributed by atoms with E-state index in [1.54, 1.807) is 32.0 Å². The van der Waals surface area contributed by atoms with Crippen LogP contribution in [0.2, 0.25) is 0 Å². The Morgan fingerprint density at radius 2 is 1.93 bits per heavy atom. The standard InChI is InChI=1S/C19H26N2O6S/c1-13(2)17(21-28(25,26)15-8-4-3-5-9-15)16(22)11-14-7-6-10-27-12-20-19(24)18(14)23/h3-5,8-9,13-14,17,21H,6-7,10-12H2,1-2H3,(H,20,24). The van der Waals surface area contributed by atoms with Gasteiger partial charge in [0.1, 0.15) is 6.73 Å². The summed E-state index contributed by atoms with van der Waals surface area (Å²) in [5.74, 6) is -3.00. The molecule has 0 spiro atoms. The van der Waals surface area contributed by atoms with E-state index in [9.17, 15) is 22.8 Å². The van der Waals surface area contributed by atoms with Crippen LogP contribution in [0.4, 0.5) is 0 Å². The number of hydrogen-bond donors (Lipinski definition) is 2. The minimum absolute atomic E-state index is 0.0449. The van der Waals surface area contributed by atoms with Crippen LogP contribution in [-0.2, 0) is 29.1 Å². The molecule has 0 radical (unpaired) electrons. The minimum Gasteiger partial charge on any atom is -0.361 e. The molecule has 0 bridgehead atoms. The van der Waals surface area contributed by atoms with Crippen LogP contribution in [0.5, 0.6) is 0 Å². The largest absolute Gasteiger partial charge is 0.361 e. The molecule has 0 aromatic heterocycles. The highest BCUT2D eigenvalue weighted by Gasteiger charge is 2.33. The van der Waals surface area contributed by atoms with E-state index in [2.05, 4.69) is 10.0 Å². The van der Waals surface area contributed by atoms with Gasteiger partial charge in [-0.25, -0.2) is 13.1 Å². The highest BCUT2D eigenvalue weighted by molar-refractivity contribution is 7.89. The number of amides is 1. The Morgan fingerprint density at radius 1 is 1.25 bits per heavy atom. The molecule has 1 saturated heterocycles. The third-order valence-corrected chi connectivity index (χ3v) is 6.02. The SMILES string of the molecule is CC(C)C(NS(=O)(=O)c1ccccc1)C(=O)CC1CCCOCNC(=O)C1=O. The molecule has 1 aliphatic rings. The number of benzene rings is 1. The fourth-order valence-electron chi connectivity index (χ4n) is 3.00. The molecule has 9 heteroatoms. The molecule has 2 rings (SSSR count). The summed E-state index contributed by atoms with van der Waals surface area (Å²) >= 11 is 0. The van der Waals surface area contributed by atoms with Crippen LogP contribution in [0.15, 0.2) is 35.2 Å². The molecular formula is C19H26N2O6S. The van der Waals surface area contributed by atoms with Crippen molar-refractivity contribution in [1.29, 1.82) is 0 Å². The van der Waals surface area contributed by atoms with Gasteiger partial charge in [-0.2, -0.15) is 0 Å². The topological polar surface area (TPSA) is 119 Å². The summed E-state index contributed by atoms with van der Waals surface area (Å²) in [7, 11) is -3.89. The van der Waals surface area contributed by atoms with Crippen molar-refractivity contribution in [3.8, 4) is 0 Å². The average Bonchev–Trinajstić information content (AvgIpc) is 2.73. The molecule has 1 fully saturated rings. The zero-order valence-electron chi connectivity index (χ0n) is 16.0. The van der Waals surface area contributed by atoms with Crippen LogP contribution >= 0.6 is 0 Å². The van der Waals surface area contributed by atoms with Gasteiger partial charge < -0.3 is 10.1 Å². The highest BCUT2D eigenvalue weighted by atomic mass is 32.2. The second-order valence-electron chi connectivity index (χ2n) is 7.09. The number of ether oxygens (including phenoxy) is 1. The summed E-state index contributed by atoms with van der Waals surface area (Å²) in [6.45, 7) is 3.77. The molecule has 1 aliphatic heterocycles. The predicted octanol–water partition coefficient (Wildman–Crippen LogP) is 1.02. The summed E-state index contributed by atoms with van der Waals surface area (Å²) in [5, 5.41) is 2.36. The van der Waals surface area contributed by atoms with Crippen LogP contribution in [0.3, 0.4) is 0 Å².